The Morgan fingerprint density at radius 2 is 2.14 bits per heavy atom. The summed E-state index contributed by atoms with van der Waals surface area (Å²) in [6.07, 6.45) is 1.71. The molecule has 0 N–H and O–H groups in total. The van der Waals surface area contributed by atoms with Crippen molar-refractivity contribution in [1.29, 1.82) is 0 Å². The van der Waals surface area contributed by atoms with Crippen molar-refractivity contribution in [1.82, 2.24) is 19.6 Å². The van der Waals surface area contributed by atoms with Crippen LogP contribution in [0.3, 0.4) is 0 Å². The number of carbonyl (C=O) groups excluding carboxylic acids is 1. The minimum atomic E-state index is -0.132. The quantitative estimate of drug-likeness (QED) is 0.628. The fourth-order valence-electron chi connectivity index (χ4n) is 1.24. The Balaban J connectivity index is 2.82. The second kappa shape index (κ2) is 2.87. The molecule has 0 unspecified atom stereocenters. The van der Waals surface area contributed by atoms with Crippen LogP contribution in [0.5, 0.6) is 0 Å². The normalized spacial score (nSPS) is 10.8. The van der Waals surface area contributed by atoms with E-state index in [4.69, 9.17) is 0 Å². The van der Waals surface area contributed by atoms with E-state index in [0.717, 1.165) is 11.4 Å². The number of hydrogen-bond acceptors (Lipinski definition) is 4. The van der Waals surface area contributed by atoms with Gasteiger partial charge in [-0.05, 0) is 13.8 Å². The fourth-order valence-corrected chi connectivity index (χ4v) is 1.24. The Kier molecular flexibility index (Phi) is 1.80. The highest BCUT2D eigenvalue weighted by Gasteiger charge is 2.11. The third kappa shape index (κ3) is 1.17. The molecule has 0 aliphatic heterocycles. The monoisotopic (exact) mass is 190 g/mol. The van der Waals surface area contributed by atoms with Crippen molar-refractivity contribution < 1.29 is 4.79 Å². The smallest absolute Gasteiger partial charge is 0.218 e. The average Bonchev–Trinajstić information content (AvgIpc) is 2.57. The van der Waals surface area contributed by atoms with E-state index in [1.54, 1.807) is 10.7 Å². The van der Waals surface area contributed by atoms with Crippen molar-refractivity contribution >= 4 is 11.4 Å². The molecule has 0 saturated carbocycles. The first-order valence-corrected chi connectivity index (χ1v) is 4.29. The van der Waals surface area contributed by atoms with Gasteiger partial charge in [0.05, 0.1) is 11.4 Å². The summed E-state index contributed by atoms with van der Waals surface area (Å²) in [6, 6.07) is 0. The first kappa shape index (κ1) is 8.80. The van der Waals surface area contributed by atoms with Gasteiger partial charge in [-0.25, -0.2) is 9.50 Å². The molecule has 2 aromatic rings. The van der Waals surface area contributed by atoms with Gasteiger partial charge in [0.15, 0.2) is 11.4 Å². The maximum absolute atomic E-state index is 11.1. The summed E-state index contributed by atoms with van der Waals surface area (Å²) in [5.41, 5.74) is 2.29. The topological polar surface area (TPSA) is 60.2 Å². The third-order valence-corrected chi connectivity index (χ3v) is 2.02. The van der Waals surface area contributed by atoms with E-state index < -0.39 is 0 Å². The van der Waals surface area contributed by atoms with E-state index in [9.17, 15) is 4.79 Å². The van der Waals surface area contributed by atoms with Crippen LogP contribution in [-0.2, 0) is 0 Å². The zero-order valence-electron chi connectivity index (χ0n) is 8.27. The molecule has 0 bridgehead atoms. The molecule has 72 valence electrons. The van der Waals surface area contributed by atoms with E-state index in [1.165, 1.54) is 6.92 Å². The van der Waals surface area contributed by atoms with Gasteiger partial charge in [0.25, 0.3) is 0 Å². The molecule has 2 aromatic heterocycles. The number of rotatable bonds is 1. The molecular formula is C9H10N4O. The van der Waals surface area contributed by atoms with Crippen molar-refractivity contribution in [3.63, 3.8) is 0 Å². The number of aromatic nitrogens is 4. The second-order valence-electron chi connectivity index (χ2n) is 3.21. The molecule has 2 heterocycles. The van der Waals surface area contributed by atoms with Crippen LogP contribution >= 0.6 is 0 Å². The molecule has 2 rings (SSSR count). The van der Waals surface area contributed by atoms with Crippen LogP contribution in [0.2, 0.25) is 0 Å². The molecule has 0 saturated heterocycles. The van der Waals surface area contributed by atoms with E-state index >= 15 is 0 Å². The van der Waals surface area contributed by atoms with Gasteiger partial charge in [0, 0.05) is 13.1 Å². The predicted octanol–water partition coefficient (Wildman–Crippen LogP) is 0.944. The summed E-state index contributed by atoms with van der Waals surface area (Å²) in [5, 5.41) is 4.09. The highest BCUT2D eigenvalue weighted by molar-refractivity contribution is 5.90. The summed E-state index contributed by atoms with van der Waals surface area (Å²) in [4.78, 5) is 19.3. The number of carbonyl (C=O) groups is 1. The SMILES string of the molecule is CC(=O)c1nc2c(C)ncc(C)n2n1. The number of nitrogens with zero attached hydrogens (tertiary/aromatic N) is 4. The number of fused-ring (bicyclic) bond motifs is 1. The van der Waals surface area contributed by atoms with Gasteiger partial charge in [-0.3, -0.25) is 9.78 Å². The van der Waals surface area contributed by atoms with E-state index in [-0.39, 0.29) is 11.6 Å². The Labute approximate surface area is 80.8 Å². The fraction of sp³-hybridized carbons (Fsp3) is 0.333. The first-order chi connectivity index (χ1) is 6.59. The Morgan fingerprint density at radius 1 is 1.43 bits per heavy atom. The van der Waals surface area contributed by atoms with Crippen LogP contribution in [0, 0.1) is 13.8 Å². The minimum Gasteiger partial charge on any atom is -0.291 e. The molecular weight excluding hydrogens is 180 g/mol. The third-order valence-electron chi connectivity index (χ3n) is 2.02. The van der Waals surface area contributed by atoms with Crippen LogP contribution in [-0.4, -0.2) is 25.4 Å². The first-order valence-electron chi connectivity index (χ1n) is 4.29. The zero-order valence-corrected chi connectivity index (χ0v) is 8.27. The van der Waals surface area contributed by atoms with Gasteiger partial charge in [-0.1, -0.05) is 0 Å². The Bertz CT molecular complexity index is 476. The largest absolute Gasteiger partial charge is 0.291 e. The molecule has 0 radical (unpaired) electrons. The van der Waals surface area contributed by atoms with Crippen molar-refractivity contribution in [3.8, 4) is 0 Å². The lowest BCUT2D eigenvalue weighted by Crippen LogP contribution is -1.98. The number of hydrogen-bond donors (Lipinski definition) is 0. The lowest BCUT2D eigenvalue weighted by molar-refractivity contribution is 0.100. The highest BCUT2D eigenvalue weighted by Crippen LogP contribution is 2.07. The van der Waals surface area contributed by atoms with Gasteiger partial charge in [0.2, 0.25) is 5.82 Å². The minimum absolute atomic E-state index is 0.132. The summed E-state index contributed by atoms with van der Waals surface area (Å²) in [7, 11) is 0. The van der Waals surface area contributed by atoms with Gasteiger partial charge in [0.1, 0.15) is 0 Å². The number of ketones is 1. The summed E-state index contributed by atoms with van der Waals surface area (Å²) < 4.78 is 1.64. The number of aryl methyl sites for hydroxylation is 2. The predicted molar refractivity (Wildman–Crippen MR) is 50.3 cm³/mol. The van der Waals surface area contributed by atoms with E-state index in [1.807, 2.05) is 13.8 Å². The van der Waals surface area contributed by atoms with Gasteiger partial charge in [-0.15, -0.1) is 5.10 Å². The Hall–Kier alpha value is -1.78. The van der Waals surface area contributed by atoms with E-state index in [2.05, 4.69) is 15.1 Å². The van der Waals surface area contributed by atoms with Gasteiger partial charge in [-0.2, -0.15) is 0 Å². The number of Topliss-reactive ketones (excluding diaryl/α,β-unsaturated/α-hetero) is 1. The molecule has 0 aromatic carbocycles. The highest BCUT2D eigenvalue weighted by atomic mass is 16.1. The molecule has 0 spiro atoms. The van der Waals surface area contributed by atoms with Crippen molar-refractivity contribution in [2.24, 2.45) is 0 Å². The van der Waals surface area contributed by atoms with Gasteiger partial charge >= 0.3 is 0 Å². The summed E-state index contributed by atoms with van der Waals surface area (Å²) in [5.74, 6) is 0.108. The lowest BCUT2D eigenvalue weighted by Gasteiger charge is -1.97. The maximum atomic E-state index is 11.1. The van der Waals surface area contributed by atoms with Crippen molar-refractivity contribution in [2.75, 3.05) is 0 Å². The second-order valence-corrected chi connectivity index (χ2v) is 3.21. The molecule has 5 nitrogen and oxygen atoms in total. The van der Waals surface area contributed by atoms with Crippen molar-refractivity contribution in [3.05, 3.63) is 23.4 Å². The van der Waals surface area contributed by atoms with Gasteiger partial charge < -0.3 is 0 Å². The van der Waals surface area contributed by atoms with E-state index in [0.29, 0.717) is 5.65 Å². The molecule has 0 atom stereocenters. The average molecular weight is 190 g/mol. The molecule has 5 heteroatoms. The Morgan fingerprint density at radius 3 is 2.71 bits per heavy atom. The molecule has 0 aliphatic carbocycles. The van der Waals surface area contributed by atoms with Crippen LogP contribution < -0.4 is 0 Å². The van der Waals surface area contributed by atoms with Crippen LogP contribution in [0.4, 0.5) is 0 Å². The summed E-state index contributed by atoms with van der Waals surface area (Å²) in [6.45, 7) is 5.16. The summed E-state index contributed by atoms with van der Waals surface area (Å²) >= 11 is 0. The maximum Gasteiger partial charge on any atom is 0.218 e. The molecule has 0 aliphatic rings. The molecule has 0 amide bonds. The molecule has 0 fully saturated rings. The standard InChI is InChI=1S/C9H10N4O/c1-5-4-10-6(2)9-11-8(7(3)14)12-13(5)9/h4H,1-3H3. The van der Waals surface area contributed by atoms with Crippen LogP contribution in [0.1, 0.15) is 28.9 Å². The zero-order chi connectivity index (χ0) is 10.3. The lowest BCUT2D eigenvalue weighted by atomic mass is 10.4. The van der Waals surface area contributed by atoms with Crippen LogP contribution in [0.15, 0.2) is 6.20 Å². The molecule has 14 heavy (non-hydrogen) atoms. The van der Waals surface area contributed by atoms with Crippen molar-refractivity contribution in [2.45, 2.75) is 20.8 Å². The van der Waals surface area contributed by atoms with Crippen LogP contribution in [0.25, 0.3) is 5.65 Å².